The minimum absolute atomic E-state index is 0.0827. The minimum atomic E-state index is -0.574. The number of amides is 3. The van der Waals surface area contributed by atoms with E-state index in [-0.39, 0.29) is 22.6 Å². The zero-order valence-corrected chi connectivity index (χ0v) is 14.5. The molecule has 0 atom stereocenters. The second-order valence-corrected chi connectivity index (χ2v) is 6.32. The number of nitrogens with two attached hydrogens (primary N) is 1. The summed E-state index contributed by atoms with van der Waals surface area (Å²) in [6, 6.07) is 6.16. The van der Waals surface area contributed by atoms with Crippen molar-refractivity contribution in [3.05, 3.63) is 34.6 Å². The molecule has 1 aromatic carbocycles. The third-order valence-electron chi connectivity index (χ3n) is 2.90. The van der Waals surface area contributed by atoms with Gasteiger partial charge < -0.3 is 11.1 Å². The number of carbonyl (C=O) groups is 2. The number of nitrogen functional groups attached to an aromatic ring is 1. The van der Waals surface area contributed by atoms with Gasteiger partial charge in [-0.1, -0.05) is 30.0 Å². The SMILES string of the molecule is CC(C)NC(=O)NC(=O)CSc1nnc(-c2ccccc2N)c(=O)[nH]1. The van der Waals surface area contributed by atoms with Gasteiger partial charge in [-0.3, -0.25) is 19.9 Å². The normalized spacial score (nSPS) is 10.5. The Hall–Kier alpha value is -2.88. The Labute approximate surface area is 147 Å². The van der Waals surface area contributed by atoms with Crippen LogP contribution >= 0.6 is 11.8 Å². The maximum absolute atomic E-state index is 12.1. The van der Waals surface area contributed by atoms with Crippen LogP contribution in [0.3, 0.4) is 0 Å². The van der Waals surface area contributed by atoms with Crippen LogP contribution in [0.25, 0.3) is 11.3 Å². The third-order valence-corrected chi connectivity index (χ3v) is 3.77. The summed E-state index contributed by atoms with van der Waals surface area (Å²) < 4.78 is 0. The van der Waals surface area contributed by atoms with Crippen LogP contribution in [0.15, 0.2) is 34.2 Å². The van der Waals surface area contributed by atoms with E-state index in [0.717, 1.165) is 11.8 Å². The number of thioether (sulfide) groups is 1. The van der Waals surface area contributed by atoms with Gasteiger partial charge in [0.2, 0.25) is 5.91 Å². The van der Waals surface area contributed by atoms with Crippen LogP contribution in [-0.2, 0) is 4.79 Å². The van der Waals surface area contributed by atoms with E-state index in [2.05, 4.69) is 25.8 Å². The summed E-state index contributed by atoms with van der Waals surface area (Å²) in [4.78, 5) is 37.8. The molecular weight excluding hydrogens is 344 g/mol. The van der Waals surface area contributed by atoms with Gasteiger partial charge in [-0.25, -0.2) is 4.79 Å². The summed E-state index contributed by atoms with van der Waals surface area (Å²) in [5.74, 6) is -0.606. The molecule has 132 valence electrons. The molecule has 0 spiro atoms. The molecule has 3 amide bonds. The van der Waals surface area contributed by atoms with Gasteiger partial charge >= 0.3 is 6.03 Å². The lowest BCUT2D eigenvalue weighted by atomic mass is 10.1. The summed E-state index contributed by atoms with van der Waals surface area (Å²) >= 11 is 0.959. The molecule has 0 fully saturated rings. The Morgan fingerprint density at radius 2 is 2.00 bits per heavy atom. The van der Waals surface area contributed by atoms with E-state index in [1.807, 2.05) is 0 Å². The number of hydrogen-bond donors (Lipinski definition) is 4. The number of nitrogens with zero attached hydrogens (tertiary/aromatic N) is 2. The monoisotopic (exact) mass is 362 g/mol. The van der Waals surface area contributed by atoms with Crippen molar-refractivity contribution in [1.29, 1.82) is 0 Å². The minimum Gasteiger partial charge on any atom is -0.398 e. The van der Waals surface area contributed by atoms with E-state index in [4.69, 9.17) is 5.73 Å². The standard InChI is InChI=1S/C15H18N6O3S/c1-8(2)17-14(24)18-11(22)7-25-15-19-13(23)12(20-21-15)9-5-3-4-6-10(9)16/h3-6,8H,7,16H2,1-2H3,(H,19,21,23)(H2,17,18,22,24). The first kappa shape index (κ1) is 18.5. The number of aromatic amines is 1. The largest absolute Gasteiger partial charge is 0.398 e. The number of nitrogens with one attached hydrogen (secondary N) is 3. The predicted molar refractivity (Wildman–Crippen MR) is 95.0 cm³/mol. The zero-order chi connectivity index (χ0) is 18.4. The summed E-state index contributed by atoms with van der Waals surface area (Å²) in [6.07, 6.45) is 0. The average molecular weight is 362 g/mol. The van der Waals surface area contributed by atoms with Crippen molar-refractivity contribution in [1.82, 2.24) is 25.8 Å². The Bertz CT molecular complexity index is 836. The van der Waals surface area contributed by atoms with Crippen LogP contribution in [0, 0.1) is 0 Å². The molecule has 0 saturated heterocycles. The van der Waals surface area contributed by atoms with E-state index in [0.29, 0.717) is 11.3 Å². The first-order valence-corrected chi connectivity index (χ1v) is 8.40. The van der Waals surface area contributed by atoms with Gasteiger partial charge in [0.05, 0.1) is 5.75 Å². The van der Waals surface area contributed by atoms with Crippen LogP contribution in [0.2, 0.25) is 0 Å². The molecule has 1 aromatic heterocycles. The van der Waals surface area contributed by atoms with Crippen molar-refractivity contribution in [2.24, 2.45) is 0 Å². The Balaban J connectivity index is 2.00. The number of benzene rings is 1. The summed E-state index contributed by atoms with van der Waals surface area (Å²) in [5, 5.41) is 12.6. The quantitative estimate of drug-likeness (QED) is 0.454. The van der Waals surface area contributed by atoms with Gasteiger partial charge in [0.1, 0.15) is 0 Å². The highest BCUT2D eigenvalue weighted by atomic mass is 32.2. The molecule has 0 saturated carbocycles. The average Bonchev–Trinajstić information content (AvgIpc) is 2.53. The molecule has 1 heterocycles. The number of imide groups is 1. The third kappa shape index (κ3) is 5.31. The first-order chi connectivity index (χ1) is 11.9. The van der Waals surface area contributed by atoms with Gasteiger partial charge in [0, 0.05) is 17.3 Å². The highest BCUT2D eigenvalue weighted by molar-refractivity contribution is 7.99. The fourth-order valence-electron chi connectivity index (χ4n) is 1.87. The highest BCUT2D eigenvalue weighted by Crippen LogP contribution is 2.20. The Morgan fingerprint density at radius 1 is 1.28 bits per heavy atom. The van der Waals surface area contributed by atoms with Crippen LogP contribution in [0.4, 0.5) is 10.5 Å². The van der Waals surface area contributed by atoms with Crippen molar-refractivity contribution < 1.29 is 9.59 Å². The molecular formula is C15H18N6O3S. The lowest BCUT2D eigenvalue weighted by Crippen LogP contribution is -2.43. The molecule has 5 N–H and O–H groups in total. The number of rotatable bonds is 5. The van der Waals surface area contributed by atoms with E-state index in [9.17, 15) is 14.4 Å². The molecule has 0 radical (unpaired) electrons. The smallest absolute Gasteiger partial charge is 0.321 e. The molecule has 0 aliphatic carbocycles. The molecule has 25 heavy (non-hydrogen) atoms. The van der Waals surface area contributed by atoms with Crippen LogP contribution in [0.5, 0.6) is 0 Å². The van der Waals surface area contributed by atoms with Crippen LogP contribution in [-0.4, -0.2) is 38.9 Å². The molecule has 0 aliphatic rings. The number of urea groups is 1. The van der Waals surface area contributed by atoms with Gasteiger partial charge in [-0.05, 0) is 19.9 Å². The lowest BCUT2D eigenvalue weighted by molar-refractivity contribution is -0.117. The van der Waals surface area contributed by atoms with E-state index < -0.39 is 17.5 Å². The van der Waals surface area contributed by atoms with Crippen LogP contribution < -0.4 is 21.9 Å². The molecule has 0 bridgehead atoms. The fraction of sp³-hybridized carbons (Fsp3) is 0.267. The molecule has 2 rings (SSSR count). The van der Waals surface area contributed by atoms with Crippen molar-refractivity contribution >= 4 is 29.4 Å². The maximum atomic E-state index is 12.1. The second-order valence-electron chi connectivity index (χ2n) is 5.36. The molecule has 9 nitrogen and oxygen atoms in total. The molecule has 0 unspecified atom stereocenters. The number of para-hydroxylation sites is 1. The molecule has 0 aliphatic heterocycles. The highest BCUT2D eigenvalue weighted by Gasteiger charge is 2.13. The van der Waals surface area contributed by atoms with Gasteiger partial charge in [0.15, 0.2) is 10.9 Å². The van der Waals surface area contributed by atoms with Gasteiger partial charge in [-0.2, -0.15) is 0 Å². The first-order valence-electron chi connectivity index (χ1n) is 7.42. The van der Waals surface area contributed by atoms with Crippen molar-refractivity contribution in [3.8, 4) is 11.3 Å². The summed E-state index contributed by atoms with van der Waals surface area (Å²) in [5.41, 5.74) is 6.36. The second kappa shape index (κ2) is 8.29. The van der Waals surface area contributed by atoms with Gasteiger partial charge in [-0.15, -0.1) is 10.2 Å². The number of hydrogen-bond acceptors (Lipinski definition) is 7. The maximum Gasteiger partial charge on any atom is 0.321 e. The van der Waals surface area contributed by atoms with E-state index >= 15 is 0 Å². The fourth-order valence-corrected chi connectivity index (χ4v) is 2.47. The zero-order valence-electron chi connectivity index (χ0n) is 13.7. The molecule has 2 aromatic rings. The topological polar surface area (TPSA) is 143 Å². The Morgan fingerprint density at radius 3 is 2.64 bits per heavy atom. The van der Waals surface area contributed by atoms with Crippen molar-refractivity contribution in [2.45, 2.75) is 25.0 Å². The molecule has 10 heteroatoms. The van der Waals surface area contributed by atoms with Crippen molar-refractivity contribution in [2.75, 3.05) is 11.5 Å². The van der Waals surface area contributed by atoms with Crippen molar-refractivity contribution in [3.63, 3.8) is 0 Å². The number of H-pyrrole nitrogens is 1. The van der Waals surface area contributed by atoms with Crippen LogP contribution in [0.1, 0.15) is 13.8 Å². The summed E-state index contributed by atoms with van der Waals surface area (Å²) in [6.45, 7) is 3.56. The Kier molecular flexibility index (Phi) is 6.12. The number of carbonyl (C=O) groups excluding carboxylic acids is 2. The summed E-state index contributed by atoms with van der Waals surface area (Å²) in [7, 11) is 0. The van der Waals surface area contributed by atoms with E-state index in [1.54, 1.807) is 38.1 Å². The number of aromatic nitrogens is 3. The predicted octanol–water partition coefficient (Wildman–Crippen LogP) is 0.740. The van der Waals surface area contributed by atoms with E-state index in [1.165, 1.54) is 0 Å². The van der Waals surface area contributed by atoms with Gasteiger partial charge in [0.25, 0.3) is 5.56 Å². The number of anilines is 1. The lowest BCUT2D eigenvalue weighted by Gasteiger charge is -2.08.